The maximum atomic E-state index is 12.5. The van der Waals surface area contributed by atoms with E-state index in [2.05, 4.69) is 43.4 Å². The first-order chi connectivity index (χ1) is 10.8. The van der Waals surface area contributed by atoms with Crippen molar-refractivity contribution in [2.24, 2.45) is 5.92 Å². The highest BCUT2D eigenvalue weighted by atomic mass is 16.5. The van der Waals surface area contributed by atoms with Crippen LogP contribution in [0.5, 0.6) is 0 Å². The summed E-state index contributed by atoms with van der Waals surface area (Å²) in [6.07, 6.45) is 5.02. The van der Waals surface area contributed by atoms with Gasteiger partial charge >= 0.3 is 5.97 Å². The number of rotatable bonds is 7. The van der Waals surface area contributed by atoms with Gasteiger partial charge < -0.3 is 10.1 Å². The summed E-state index contributed by atoms with van der Waals surface area (Å²) in [5.41, 5.74) is 1.28. The standard InChI is InChI=1S/C19H29NO2/c1-3-5-9-15(4-2)19(21)22-18-14-20-13-12-17(18)16-10-7-6-8-11-16/h6-8,10-11,15,17-18,20H,3-5,9,12-14H2,1-2H3/t15?,17?,18-/m0/s1. The summed E-state index contributed by atoms with van der Waals surface area (Å²) in [6.45, 7) is 5.99. The Hall–Kier alpha value is -1.35. The number of esters is 1. The van der Waals surface area contributed by atoms with Crippen molar-refractivity contribution in [3.05, 3.63) is 35.9 Å². The number of piperidine rings is 1. The Morgan fingerprint density at radius 3 is 2.77 bits per heavy atom. The van der Waals surface area contributed by atoms with Crippen LogP contribution in [0.3, 0.4) is 0 Å². The van der Waals surface area contributed by atoms with E-state index in [1.165, 1.54) is 5.56 Å². The minimum absolute atomic E-state index is 0.00872. The van der Waals surface area contributed by atoms with Crippen molar-refractivity contribution in [2.75, 3.05) is 13.1 Å². The molecule has 22 heavy (non-hydrogen) atoms. The van der Waals surface area contributed by atoms with Crippen molar-refractivity contribution in [1.82, 2.24) is 5.32 Å². The normalized spacial score (nSPS) is 23.0. The van der Waals surface area contributed by atoms with Crippen molar-refractivity contribution < 1.29 is 9.53 Å². The van der Waals surface area contributed by atoms with Crippen LogP contribution in [-0.2, 0) is 9.53 Å². The molecule has 0 spiro atoms. The SMILES string of the molecule is CCCCC(CC)C(=O)O[C@H]1CNCCC1c1ccccc1. The van der Waals surface area contributed by atoms with Gasteiger partial charge in [0.05, 0.1) is 5.92 Å². The number of carbonyl (C=O) groups excluding carboxylic acids is 1. The second-order valence-electron chi connectivity index (χ2n) is 6.23. The fraction of sp³-hybridized carbons (Fsp3) is 0.632. The molecule has 0 saturated carbocycles. The van der Waals surface area contributed by atoms with E-state index in [-0.39, 0.29) is 18.0 Å². The molecule has 3 nitrogen and oxygen atoms in total. The Bertz CT molecular complexity index is 446. The molecule has 2 unspecified atom stereocenters. The van der Waals surface area contributed by atoms with Gasteiger partial charge in [-0.2, -0.15) is 0 Å². The monoisotopic (exact) mass is 303 g/mol. The highest BCUT2D eigenvalue weighted by Gasteiger charge is 2.31. The lowest BCUT2D eigenvalue weighted by Gasteiger charge is -2.33. The van der Waals surface area contributed by atoms with Crippen LogP contribution in [0.25, 0.3) is 0 Å². The van der Waals surface area contributed by atoms with E-state index in [1.807, 2.05) is 6.07 Å². The molecule has 2 rings (SSSR count). The molecule has 0 bridgehead atoms. The first-order valence-electron chi connectivity index (χ1n) is 8.72. The molecule has 1 saturated heterocycles. The second-order valence-corrected chi connectivity index (χ2v) is 6.23. The molecule has 3 atom stereocenters. The Balaban J connectivity index is 2.00. The average Bonchev–Trinajstić information content (AvgIpc) is 2.57. The van der Waals surface area contributed by atoms with Crippen molar-refractivity contribution in [3.63, 3.8) is 0 Å². The van der Waals surface area contributed by atoms with Gasteiger partial charge in [0.25, 0.3) is 0 Å². The summed E-state index contributed by atoms with van der Waals surface area (Å²) >= 11 is 0. The highest BCUT2D eigenvalue weighted by molar-refractivity contribution is 5.72. The lowest BCUT2D eigenvalue weighted by Crippen LogP contribution is -2.43. The molecular weight excluding hydrogens is 274 g/mol. The summed E-state index contributed by atoms with van der Waals surface area (Å²) < 4.78 is 5.91. The van der Waals surface area contributed by atoms with Crippen LogP contribution in [-0.4, -0.2) is 25.2 Å². The molecule has 0 aliphatic carbocycles. The van der Waals surface area contributed by atoms with Gasteiger partial charge in [-0.15, -0.1) is 0 Å². The van der Waals surface area contributed by atoms with Gasteiger partial charge in [0, 0.05) is 12.5 Å². The van der Waals surface area contributed by atoms with Crippen LogP contribution in [0.4, 0.5) is 0 Å². The molecule has 1 aromatic carbocycles. The first-order valence-corrected chi connectivity index (χ1v) is 8.72. The number of benzene rings is 1. The predicted octanol–water partition coefficient (Wildman–Crippen LogP) is 3.89. The molecule has 0 amide bonds. The zero-order chi connectivity index (χ0) is 15.8. The lowest BCUT2D eigenvalue weighted by atomic mass is 9.87. The minimum Gasteiger partial charge on any atom is -0.460 e. The van der Waals surface area contributed by atoms with Crippen LogP contribution >= 0.6 is 0 Å². The van der Waals surface area contributed by atoms with Crippen LogP contribution < -0.4 is 5.32 Å². The Morgan fingerprint density at radius 2 is 2.09 bits per heavy atom. The van der Waals surface area contributed by atoms with Crippen molar-refractivity contribution in [2.45, 2.75) is 58.0 Å². The molecule has 0 aromatic heterocycles. The van der Waals surface area contributed by atoms with Crippen LogP contribution in [0.15, 0.2) is 30.3 Å². The summed E-state index contributed by atoms with van der Waals surface area (Å²) in [5, 5.41) is 3.36. The molecule has 1 heterocycles. The van der Waals surface area contributed by atoms with E-state index in [9.17, 15) is 4.79 Å². The van der Waals surface area contributed by atoms with Crippen molar-refractivity contribution in [3.8, 4) is 0 Å². The smallest absolute Gasteiger partial charge is 0.309 e. The third kappa shape index (κ3) is 4.57. The molecule has 1 fully saturated rings. The molecule has 1 aliphatic rings. The molecule has 0 radical (unpaired) electrons. The summed E-state index contributed by atoms with van der Waals surface area (Å²) in [5.74, 6) is 0.360. The van der Waals surface area contributed by atoms with Gasteiger partial charge in [0.1, 0.15) is 6.10 Å². The molecule has 1 N–H and O–H groups in total. The first kappa shape index (κ1) is 17.0. The molecule has 1 aliphatic heterocycles. The number of nitrogens with one attached hydrogen (secondary N) is 1. The number of ether oxygens (including phenoxy) is 1. The summed E-state index contributed by atoms with van der Waals surface area (Å²) in [4.78, 5) is 12.5. The van der Waals surface area contributed by atoms with Crippen LogP contribution in [0, 0.1) is 5.92 Å². The summed E-state index contributed by atoms with van der Waals surface area (Å²) in [7, 11) is 0. The minimum atomic E-state index is -0.0423. The molecular formula is C19H29NO2. The summed E-state index contributed by atoms with van der Waals surface area (Å²) in [6, 6.07) is 10.4. The second kappa shape index (κ2) is 8.94. The lowest BCUT2D eigenvalue weighted by molar-refractivity contribution is -0.156. The van der Waals surface area contributed by atoms with Gasteiger partial charge in [0.2, 0.25) is 0 Å². The van der Waals surface area contributed by atoms with E-state index >= 15 is 0 Å². The third-order valence-electron chi connectivity index (χ3n) is 4.65. The largest absolute Gasteiger partial charge is 0.460 e. The highest BCUT2D eigenvalue weighted by Crippen LogP contribution is 2.28. The average molecular weight is 303 g/mol. The molecule has 3 heteroatoms. The van der Waals surface area contributed by atoms with Crippen LogP contribution in [0.2, 0.25) is 0 Å². The van der Waals surface area contributed by atoms with Gasteiger partial charge in [-0.05, 0) is 31.4 Å². The van der Waals surface area contributed by atoms with E-state index in [0.717, 1.165) is 45.2 Å². The topological polar surface area (TPSA) is 38.3 Å². The van der Waals surface area contributed by atoms with E-state index in [4.69, 9.17) is 4.74 Å². The zero-order valence-electron chi connectivity index (χ0n) is 13.9. The van der Waals surface area contributed by atoms with Gasteiger partial charge in [0.15, 0.2) is 0 Å². The van der Waals surface area contributed by atoms with Crippen molar-refractivity contribution in [1.29, 1.82) is 0 Å². The Labute approximate surface area is 134 Å². The number of hydrogen-bond acceptors (Lipinski definition) is 3. The van der Waals surface area contributed by atoms with Gasteiger partial charge in [-0.1, -0.05) is 57.0 Å². The quantitative estimate of drug-likeness (QED) is 0.777. The maximum absolute atomic E-state index is 12.5. The maximum Gasteiger partial charge on any atom is 0.309 e. The third-order valence-corrected chi connectivity index (χ3v) is 4.65. The Morgan fingerprint density at radius 1 is 1.32 bits per heavy atom. The fourth-order valence-electron chi connectivity index (χ4n) is 3.22. The van der Waals surface area contributed by atoms with E-state index < -0.39 is 0 Å². The molecule has 1 aromatic rings. The zero-order valence-corrected chi connectivity index (χ0v) is 13.9. The van der Waals surface area contributed by atoms with Gasteiger partial charge in [-0.25, -0.2) is 0 Å². The van der Waals surface area contributed by atoms with E-state index in [0.29, 0.717) is 5.92 Å². The number of hydrogen-bond donors (Lipinski definition) is 1. The molecule has 122 valence electrons. The number of carbonyl (C=O) groups is 1. The Kier molecular flexibility index (Phi) is 6.91. The fourth-order valence-corrected chi connectivity index (χ4v) is 3.22. The van der Waals surface area contributed by atoms with Gasteiger partial charge in [-0.3, -0.25) is 4.79 Å². The van der Waals surface area contributed by atoms with Crippen molar-refractivity contribution >= 4 is 5.97 Å². The van der Waals surface area contributed by atoms with E-state index in [1.54, 1.807) is 0 Å². The van der Waals surface area contributed by atoms with Crippen LogP contribution in [0.1, 0.15) is 57.4 Å². The number of unbranched alkanes of at least 4 members (excludes halogenated alkanes) is 1. The predicted molar refractivity (Wildman–Crippen MR) is 89.9 cm³/mol.